The molecule has 1 heterocycles. The van der Waals surface area contributed by atoms with Gasteiger partial charge in [-0.1, -0.05) is 11.6 Å². The predicted octanol–water partition coefficient (Wildman–Crippen LogP) is -0.118. The monoisotopic (exact) mass is 159 g/mol. The van der Waals surface area contributed by atoms with Crippen molar-refractivity contribution in [2.24, 2.45) is 5.73 Å². The van der Waals surface area contributed by atoms with Crippen molar-refractivity contribution < 1.29 is 0 Å². The van der Waals surface area contributed by atoms with E-state index in [1.54, 1.807) is 0 Å². The van der Waals surface area contributed by atoms with Gasteiger partial charge in [0.25, 0.3) is 0 Å². The Kier molecular flexibility index (Phi) is 2.03. The Hall–Kier alpha value is -0.870. The first kappa shape index (κ1) is 7.24. The van der Waals surface area contributed by atoms with Gasteiger partial charge >= 0.3 is 5.69 Å². The number of rotatable bonds is 1. The molecular formula is C5H6ClN3O. The topological polar surface area (TPSA) is 71.8 Å². The molecule has 0 fully saturated rings. The molecule has 3 N–H and O–H groups in total. The fraction of sp³-hybridized carbons (Fsp3) is 0.200. The van der Waals surface area contributed by atoms with Gasteiger partial charge in [-0.2, -0.15) is 4.98 Å². The second-order valence-corrected chi connectivity index (χ2v) is 2.13. The van der Waals surface area contributed by atoms with Crippen molar-refractivity contribution in [2.75, 3.05) is 0 Å². The Morgan fingerprint density at radius 1 is 1.80 bits per heavy atom. The summed E-state index contributed by atoms with van der Waals surface area (Å²) in [6.07, 6.45) is 0. The summed E-state index contributed by atoms with van der Waals surface area (Å²) < 4.78 is 0. The van der Waals surface area contributed by atoms with Gasteiger partial charge in [0, 0.05) is 12.2 Å². The number of H-pyrrole nitrogens is 1. The molecule has 0 spiro atoms. The van der Waals surface area contributed by atoms with Crippen LogP contribution in [0.5, 0.6) is 0 Å². The number of aromatic nitrogens is 2. The lowest BCUT2D eigenvalue weighted by Gasteiger charge is -1.93. The molecule has 0 aliphatic carbocycles. The number of hydrogen-bond acceptors (Lipinski definition) is 3. The lowest BCUT2D eigenvalue weighted by atomic mass is 10.4. The zero-order valence-electron chi connectivity index (χ0n) is 5.10. The molecule has 0 aromatic carbocycles. The molecule has 0 atom stereocenters. The molecule has 54 valence electrons. The molecule has 4 nitrogen and oxygen atoms in total. The van der Waals surface area contributed by atoms with E-state index in [0.717, 1.165) is 0 Å². The van der Waals surface area contributed by atoms with E-state index < -0.39 is 5.69 Å². The minimum Gasteiger partial charge on any atom is -0.325 e. The zero-order chi connectivity index (χ0) is 7.56. The minimum absolute atomic E-state index is 0.171. The van der Waals surface area contributed by atoms with Gasteiger partial charge in [0.15, 0.2) is 0 Å². The van der Waals surface area contributed by atoms with Gasteiger partial charge in [-0.25, -0.2) is 4.79 Å². The molecule has 10 heavy (non-hydrogen) atoms. The summed E-state index contributed by atoms with van der Waals surface area (Å²) >= 11 is 5.44. The quantitative estimate of drug-likeness (QED) is 0.562. The molecule has 0 saturated carbocycles. The SMILES string of the molecule is NCc1cc(Cl)nc(=O)[nH]1. The first-order chi connectivity index (χ1) is 4.72. The van der Waals surface area contributed by atoms with Crippen molar-refractivity contribution in [1.29, 1.82) is 0 Å². The first-order valence-corrected chi connectivity index (χ1v) is 3.06. The van der Waals surface area contributed by atoms with Crippen LogP contribution in [0.3, 0.4) is 0 Å². The van der Waals surface area contributed by atoms with E-state index in [2.05, 4.69) is 9.97 Å². The third-order valence-electron chi connectivity index (χ3n) is 0.989. The number of nitrogens with one attached hydrogen (secondary N) is 1. The van der Waals surface area contributed by atoms with Crippen molar-refractivity contribution in [3.8, 4) is 0 Å². The molecule has 0 radical (unpaired) electrons. The van der Waals surface area contributed by atoms with Crippen LogP contribution in [-0.2, 0) is 6.54 Å². The zero-order valence-corrected chi connectivity index (χ0v) is 5.85. The third kappa shape index (κ3) is 1.55. The number of nitrogens with zero attached hydrogens (tertiary/aromatic N) is 1. The predicted molar refractivity (Wildman–Crippen MR) is 37.8 cm³/mol. The van der Waals surface area contributed by atoms with E-state index in [9.17, 15) is 4.79 Å². The Balaban J connectivity index is 3.19. The highest BCUT2D eigenvalue weighted by Crippen LogP contribution is 2.00. The van der Waals surface area contributed by atoms with Crippen LogP contribution in [0.2, 0.25) is 5.15 Å². The maximum absolute atomic E-state index is 10.6. The smallest absolute Gasteiger partial charge is 0.325 e. The summed E-state index contributed by atoms with van der Waals surface area (Å²) in [7, 11) is 0. The maximum Gasteiger partial charge on any atom is 0.346 e. The van der Waals surface area contributed by atoms with Crippen LogP contribution >= 0.6 is 11.6 Å². The lowest BCUT2D eigenvalue weighted by molar-refractivity contribution is 0.931. The highest BCUT2D eigenvalue weighted by Gasteiger charge is 1.94. The van der Waals surface area contributed by atoms with Gasteiger partial charge in [-0.3, -0.25) is 0 Å². The molecule has 0 saturated heterocycles. The van der Waals surface area contributed by atoms with Crippen LogP contribution in [0, 0.1) is 0 Å². The maximum atomic E-state index is 10.6. The van der Waals surface area contributed by atoms with Crippen LogP contribution in [0.25, 0.3) is 0 Å². The van der Waals surface area contributed by atoms with Crippen LogP contribution < -0.4 is 11.4 Å². The Morgan fingerprint density at radius 3 is 3.00 bits per heavy atom. The summed E-state index contributed by atoms with van der Waals surface area (Å²) in [5.74, 6) is 0. The van der Waals surface area contributed by atoms with Gasteiger partial charge in [-0.15, -0.1) is 0 Å². The van der Waals surface area contributed by atoms with E-state index in [4.69, 9.17) is 17.3 Å². The minimum atomic E-state index is -0.465. The van der Waals surface area contributed by atoms with Gasteiger partial charge < -0.3 is 10.7 Å². The number of hydrogen-bond donors (Lipinski definition) is 2. The van der Waals surface area contributed by atoms with Gasteiger partial charge in [0.1, 0.15) is 5.15 Å². The molecule has 0 aliphatic heterocycles. The summed E-state index contributed by atoms with van der Waals surface area (Å²) in [6, 6.07) is 1.52. The van der Waals surface area contributed by atoms with E-state index in [1.807, 2.05) is 0 Å². The standard InChI is InChI=1S/C5H6ClN3O/c6-4-1-3(2-7)8-5(10)9-4/h1H,2,7H2,(H,8,9,10). The molecular weight excluding hydrogens is 154 g/mol. The average Bonchev–Trinajstić information content (AvgIpc) is 1.85. The van der Waals surface area contributed by atoms with Crippen LogP contribution in [0.15, 0.2) is 10.9 Å². The fourth-order valence-electron chi connectivity index (χ4n) is 0.584. The highest BCUT2D eigenvalue weighted by atomic mass is 35.5. The largest absolute Gasteiger partial charge is 0.346 e. The molecule has 1 aromatic heterocycles. The number of halogens is 1. The van der Waals surface area contributed by atoms with Crippen LogP contribution in [0.4, 0.5) is 0 Å². The van der Waals surface area contributed by atoms with Crippen LogP contribution in [-0.4, -0.2) is 9.97 Å². The molecule has 1 aromatic rings. The normalized spacial score (nSPS) is 9.80. The number of nitrogens with two attached hydrogens (primary N) is 1. The van der Waals surface area contributed by atoms with Gasteiger partial charge in [0.05, 0.1) is 0 Å². The lowest BCUT2D eigenvalue weighted by Crippen LogP contribution is -2.14. The number of aromatic amines is 1. The first-order valence-electron chi connectivity index (χ1n) is 2.68. The van der Waals surface area contributed by atoms with Crippen molar-refractivity contribution in [1.82, 2.24) is 9.97 Å². The van der Waals surface area contributed by atoms with Crippen LogP contribution in [0.1, 0.15) is 5.69 Å². The van der Waals surface area contributed by atoms with Crippen molar-refractivity contribution in [3.63, 3.8) is 0 Å². The Labute approximate surface area is 62.0 Å². The van der Waals surface area contributed by atoms with Gasteiger partial charge in [-0.05, 0) is 6.07 Å². The van der Waals surface area contributed by atoms with Crippen molar-refractivity contribution in [2.45, 2.75) is 6.54 Å². The fourth-order valence-corrected chi connectivity index (χ4v) is 0.793. The third-order valence-corrected chi connectivity index (χ3v) is 1.18. The molecule has 0 unspecified atom stereocenters. The highest BCUT2D eigenvalue weighted by molar-refractivity contribution is 6.29. The summed E-state index contributed by atoms with van der Waals surface area (Å²) in [5.41, 5.74) is 5.35. The molecule has 0 amide bonds. The Morgan fingerprint density at radius 2 is 2.50 bits per heavy atom. The molecule has 0 bridgehead atoms. The molecule has 0 aliphatic rings. The van der Waals surface area contributed by atoms with E-state index in [-0.39, 0.29) is 11.7 Å². The van der Waals surface area contributed by atoms with E-state index >= 15 is 0 Å². The van der Waals surface area contributed by atoms with Gasteiger partial charge in [0.2, 0.25) is 0 Å². The summed E-state index contributed by atoms with van der Waals surface area (Å²) in [5, 5.41) is 0.171. The second kappa shape index (κ2) is 2.81. The molecule has 5 heteroatoms. The summed E-state index contributed by atoms with van der Waals surface area (Å²) in [6.45, 7) is 0.261. The Bertz CT molecular complexity index is 282. The van der Waals surface area contributed by atoms with E-state index in [1.165, 1.54) is 6.07 Å². The summed E-state index contributed by atoms with van der Waals surface area (Å²) in [4.78, 5) is 16.4. The van der Waals surface area contributed by atoms with Crippen molar-refractivity contribution in [3.05, 3.63) is 27.4 Å². The second-order valence-electron chi connectivity index (χ2n) is 1.74. The van der Waals surface area contributed by atoms with E-state index in [0.29, 0.717) is 5.69 Å². The molecule has 1 rings (SSSR count). The average molecular weight is 160 g/mol. The van der Waals surface area contributed by atoms with Crippen molar-refractivity contribution >= 4 is 11.6 Å².